The van der Waals surface area contributed by atoms with E-state index < -0.39 is 0 Å². The summed E-state index contributed by atoms with van der Waals surface area (Å²) in [4.78, 5) is 9.34. The lowest BCUT2D eigenvalue weighted by molar-refractivity contribution is 0.122. The molecule has 5 nitrogen and oxygen atoms in total. The monoisotopic (exact) mass is 431 g/mol. The number of halogens is 1. The van der Waals surface area contributed by atoms with Crippen LogP contribution in [0.3, 0.4) is 0 Å². The van der Waals surface area contributed by atoms with Crippen molar-refractivity contribution in [3.8, 4) is 0 Å². The van der Waals surface area contributed by atoms with Gasteiger partial charge in [0.25, 0.3) is 0 Å². The molecule has 1 aromatic rings. The van der Waals surface area contributed by atoms with Gasteiger partial charge in [0.2, 0.25) is 0 Å². The zero-order valence-corrected chi connectivity index (χ0v) is 17.0. The van der Waals surface area contributed by atoms with Crippen LogP contribution in [0, 0.1) is 13.8 Å². The molecule has 1 fully saturated rings. The smallest absolute Gasteiger partial charge is 0.193 e. The van der Waals surface area contributed by atoms with Gasteiger partial charge in [-0.05, 0) is 51.1 Å². The maximum Gasteiger partial charge on any atom is 0.193 e. The van der Waals surface area contributed by atoms with Crippen molar-refractivity contribution in [1.29, 1.82) is 0 Å². The quantitative estimate of drug-likeness (QED) is 0.437. The Labute approximate surface area is 157 Å². The number of aliphatic imine (C=N–C) groups is 1. The van der Waals surface area contributed by atoms with Gasteiger partial charge in [-0.2, -0.15) is 0 Å². The highest BCUT2D eigenvalue weighted by Gasteiger charge is 2.18. The van der Waals surface area contributed by atoms with Gasteiger partial charge in [-0.1, -0.05) is 6.07 Å². The Morgan fingerprint density at radius 3 is 2.30 bits per heavy atom. The molecule has 0 aromatic heterocycles. The predicted molar refractivity (Wildman–Crippen MR) is 110 cm³/mol. The topological polar surface area (TPSA) is 56.9 Å². The molecule has 0 saturated carbocycles. The molecule has 3 N–H and O–H groups in total. The molecule has 1 aliphatic heterocycles. The van der Waals surface area contributed by atoms with Crippen molar-refractivity contribution in [2.45, 2.75) is 26.8 Å². The average molecular weight is 431 g/mol. The summed E-state index contributed by atoms with van der Waals surface area (Å²) in [6, 6.07) is 6.74. The van der Waals surface area contributed by atoms with Crippen LogP contribution in [0.25, 0.3) is 0 Å². The normalized spacial score (nSPS) is 18.3. The van der Waals surface area contributed by atoms with Crippen molar-refractivity contribution in [2.24, 2.45) is 10.7 Å². The number of anilines is 1. The summed E-state index contributed by atoms with van der Waals surface area (Å²) in [6.07, 6.45) is 0. The molecular formula is C17H30IN5. The second kappa shape index (κ2) is 9.44. The standard InChI is InChI=1S/C17H29N5.HI/c1-13-9-14(2)11-16(10-13)20-17(18)19-12-15(3)22-7-5-21(4)6-8-22;/h9-11,15H,5-8,12H2,1-4H3,(H3,18,19,20);1H. The van der Waals surface area contributed by atoms with Crippen LogP contribution < -0.4 is 11.1 Å². The van der Waals surface area contributed by atoms with Crippen LogP contribution in [0.2, 0.25) is 0 Å². The first-order chi connectivity index (χ1) is 10.4. The number of nitrogens with one attached hydrogen (secondary N) is 1. The third-order valence-corrected chi connectivity index (χ3v) is 4.18. The second-order valence-corrected chi connectivity index (χ2v) is 6.42. The number of benzene rings is 1. The molecule has 1 atom stereocenters. The molecule has 23 heavy (non-hydrogen) atoms. The van der Waals surface area contributed by atoms with Crippen LogP contribution in [-0.4, -0.2) is 61.6 Å². The SMILES string of the molecule is Cc1cc(C)cc(NC(N)=NCC(C)N2CCN(C)CC2)c1.I. The van der Waals surface area contributed by atoms with Gasteiger partial charge in [0.05, 0.1) is 6.54 Å². The summed E-state index contributed by atoms with van der Waals surface area (Å²) in [5.41, 5.74) is 9.47. The molecule has 2 rings (SSSR count). The number of rotatable bonds is 4. The molecular weight excluding hydrogens is 401 g/mol. The molecule has 0 amide bonds. The predicted octanol–water partition coefficient (Wildman–Crippen LogP) is 2.28. The highest BCUT2D eigenvalue weighted by Crippen LogP contribution is 2.13. The first-order valence-electron chi connectivity index (χ1n) is 8.02. The van der Waals surface area contributed by atoms with Crippen LogP contribution in [0.5, 0.6) is 0 Å². The highest BCUT2D eigenvalue weighted by atomic mass is 127. The zero-order valence-electron chi connectivity index (χ0n) is 14.7. The fourth-order valence-electron chi connectivity index (χ4n) is 2.84. The van der Waals surface area contributed by atoms with E-state index in [2.05, 4.69) is 66.1 Å². The van der Waals surface area contributed by atoms with Gasteiger partial charge in [0.15, 0.2) is 5.96 Å². The van der Waals surface area contributed by atoms with Crippen LogP contribution >= 0.6 is 24.0 Å². The Morgan fingerprint density at radius 2 is 1.74 bits per heavy atom. The number of aryl methyl sites for hydroxylation is 2. The maximum atomic E-state index is 6.02. The molecule has 1 aromatic carbocycles. The second-order valence-electron chi connectivity index (χ2n) is 6.42. The lowest BCUT2D eigenvalue weighted by Gasteiger charge is -2.35. The van der Waals surface area contributed by atoms with Gasteiger partial charge < -0.3 is 16.0 Å². The van der Waals surface area contributed by atoms with E-state index in [9.17, 15) is 0 Å². The van der Waals surface area contributed by atoms with E-state index in [1.54, 1.807) is 0 Å². The minimum atomic E-state index is 0. The Kier molecular flexibility index (Phi) is 8.28. The van der Waals surface area contributed by atoms with Gasteiger partial charge >= 0.3 is 0 Å². The summed E-state index contributed by atoms with van der Waals surface area (Å²) in [6.45, 7) is 11.6. The van der Waals surface area contributed by atoms with E-state index in [0.717, 1.165) is 38.4 Å². The lowest BCUT2D eigenvalue weighted by Crippen LogP contribution is -2.49. The van der Waals surface area contributed by atoms with Crippen LogP contribution in [-0.2, 0) is 0 Å². The van der Waals surface area contributed by atoms with Crippen molar-refractivity contribution in [3.63, 3.8) is 0 Å². The Morgan fingerprint density at radius 1 is 1.17 bits per heavy atom. The summed E-state index contributed by atoms with van der Waals surface area (Å²) < 4.78 is 0. The first-order valence-corrected chi connectivity index (χ1v) is 8.02. The molecule has 6 heteroatoms. The van der Waals surface area contributed by atoms with Crippen molar-refractivity contribution < 1.29 is 0 Å². The minimum Gasteiger partial charge on any atom is -0.370 e. The van der Waals surface area contributed by atoms with Crippen molar-refractivity contribution >= 4 is 35.6 Å². The van der Waals surface area contributed by atoms with E-state index in [4.69, 9.17) is 5.73 Å². The van der Waals surface area contributed by atoms with E-state index in [0.29, 0.717) is 12.0 Å². The Balaban J connectivity index is 0.00000264. The van der Waals surface area contributed by atoms with E-state index in [1.807, 2.05) is 0 Å². The van der Waals surface area contributed by atoms with E-state index in [1.165, 1.54) is 11.1 Å². The van der Waals surface area contributed by atoms with Gasteiger partial charge in [-0.3, -0.25) is 9.89 Å². The molecule has 0 aliphatic carbocycles. The molecule has 1 saturated heterocycles. The number of nitrogens with zero attached hydrogens (tertiary/aromatic N) is 3. The molecule has 130 valence electrons. The zero-order chi connectivity index (χ0) is 16.1. The fraction of sp³-hybridized carbons (Fsp3) is 0.588. The van der Waals surface area contributed by atoms with Gasteiger partial charge in [0, 0.05) is 37.9 Å². The maximum absolute atomic E-state index is 6.02. The van der Waals surface area contributed by atoms with E-state index >= 15 is 0 Å². The summed E-state index contributed by atoms with van der Waals surface area (Å²) >= 11 is 0. The first kappa shape index (κ1) is 20.2. The van der Waals surface area contributed by atoms with Crippen molar-refractivity contribution in [3.05, 3.63) is 29.3 Å². The molecule has 1 aliphatic rings. The molecule has 1 unspecified atom stereocenters. The summed E-state index contributed by atoms with van der Waals surface area (Å²) in [5, 5.41) is 3.19. The van der Waals surface area contributed by atoms with E-state index in [-0.39, 0.29) is 24.0 Å². The molecule has 0 bridgehead atoms. The van der Waals surface area contributed by atoms with Gasteiger partial charge in [-0.15, -0.1) is 24.0 Å². The third-order valence-electron chi connectivity index (χ3n) is 4.18. The van der Waals surface area contributed by atoms with Gasteiger partial charge in [-0.25, -0.2) is 0 Å². The number of guanidine groups is 1. The Bertz CT molecular complexity index is 503. The number of hydrogen-bond donors (Lipinski definition) is 2. The minimum absolute atomic E-state index is 0. The summed E-state index contributed by atoms with van der Waals surface area (Å²) in [7, 11) is 2.17. The third kappa shape index (κ3) is 6.64. The van der Waals surface area contributed by atoms with Crippen molar-refractivity contribution in [2.75, 3.05) is 45.1 Å². The highest BCUT2D eigenvalue weighted by molar-refractivity contribution is 14.0. The van der Waals surface area contributed by atoms with Crippen molar-refractivity contribution in [1.82, 2.24) is 9.80 Å². The molecule has 0 radical (unpaired) electrons. The molecule has 0 spiro atoms. The average Bonchev–Trinajstić information content (AvgIpc) is 2.44. The molecule has 1 heterocycles. The largest absolute Gasteiger partial charge is 0.370 e. The number of nitrogens with two attached hydrogens (primary N) is 1. The number of hydrogen-bond acceptors (Lipinski definition) is 3. The lowest BCUT2D eigenvalue weighted by atomic mass is 10.1. The number of piperazine rings is 1. The van der Waals surface area contributed by atoms with Crippen LogP contribution in [0.15, 0.2) is 23.2 Å². The fourth-order valence-corrected chi connectivity index (χ4v) is 2.84. The van der Waals surface area contributed by atoms with Crippen LogP contribution in [0.4, 0.5) is 5.69 Å². The summed E-state index contributed by atoms with van der Waals surface area (Å²) in [5.74, 6) is 0.492. The number of likely N-dealkylation sites (N-methyl/N-ethyl adjacent to an activating group) is 1. The van der Waals surface area contributed by atoms with Gasteiger partial charge in [0.1, 0.15) is 0 Å². The van der Waals surface area contributed by atoms with Crippen LogP contribution in [0.1, 0.15) is 18.1 Å². The Hall–Kier alpha value is -0.860.